The molecule has 3 rings (SSSR count). The van der Waals surface area contributed by atoms with Crippen LogP contribution in [0.5, 0.6) is 11.5 Å². The summed E-state index contributed by atoms with van der Waals surface area (Å²) in [5.74, 6) is -1.09. The average molecular weight is 620 g/mol. The Hall–Kier alpha value is -2.49. The quantitative estimate of drug-likeness (QED) is 0.174. The lowest BCUT2D eigenvalue weighted by Crippen LogP contribution is -2.32. The van der Waals surface area contributed by atoms with E-state index in [4.69, 9.17) is 55.9 Å². The molecular formula is C23H16BrCl4N3O4. The van der Waals surface area contributed by atoms with Crippen molar-refractivity contribution in [3.8, 4) is 11.5 Å². The van der Waals surface area contributed by atoms with E-state index in [2.05, 4.69) is 31.8 Å². The van der Waals surface area contributed by atoms with Crippen molar-refractivity contribution in [2.45, 2.75) is 6.61 Å². The highest BCUT2D eigenvalue weighted by Crippen LogP contribution is 2.37. The van der Waals surface area contributed by atoms with Gasteiger partial charge in [0.05, 0.1) is 27.8 Å². The van der Waals surface area contributed by atoms with Crippen LogP contribution in [0.2, 0.25) is 20.1 Å². The lowest BCUT2D eigenvalue weighted by Gasteiger charge is -2.14. The fraction of sp³-hybridized carbons (Fsp3) is 0.0870. The van der Waals surface area contributed by atoms with Gasteiger partial charge in [0.15, 0.2) is 11.5 Å². The third-order valence-electron chi connectivity index (χ3n) is 4.44. The van der Waals surface area contributed by atoms with E-state index >= 15 is 0 Å². The molecule has 0 aliphatic rings. The van der Waals surface area contributed by atoms with Gasteiger partial charge >= 0.3 is 11.8 Å². The molecule has 0 fully saturated rings. The molecule has 3 aromatic rings. The first kappa shape index (κ1) is 27.1. The zero-order valence-corrected chi connectivity index (χ0v) is 22.5. The van der Waals surface area contributed by atoms with Gasteiger partial charge in [0, 0.05) is 21.3 Å². The van der Waals surface area contributed by atoms with Gasteiger partial charge in [-0.3, -0.25) is 9.59 Å². The molecule has 35 heavy (non-hydrogen) atoms. The number of nitrogens with one attached hydrogen (secondary N) is 2. The third-order valence-corrected chi connectivity index (χ3v) is 6.47. The van der Waals surface area contributed by atoms with Crippen LogP contribution in [0, 0.1) is 0 Å². The summed E-state index contributed by atoms with van der Waals surface area (Å²) >= 11 is 27.6. The molecule has 7 nitrogen and oxygen atoms in total. The first-order valence-electron chi connectivity index (χ1n) is 9.72. The standard InChI is InChI=1S/C23H16BrCl4N3O4/c1-34-20-8-12(7-15(24)21(20)35-11-14-16(25)3-2-4-17(14)26)10-29-31-23(33)22(32)30-13-5-6-18(27)19(28)9-13/h2-10H,11H2,1H3,(H,30,32)(H,31,33). The SMILES string of the molecule is COc1cc(C=NNC(=O)C(=O)Nc2ccc(Cl)c(Cl)c2)cc(Br)c1OCc1c(Cl)cccc1Cl. The minimum absolute atomic E-state index is 0.116. The van der Waals surface area contributed by atoms with Gasteiger partial charge in [-0.15, -0.1) is 0 Å². The Bertz CT molecular complexity index is 1280. The number of anilines is 1. The van der Waals surface area contributed by atoms with Crippen LogP contribution in [-0.4, -0.2) is 25.1 Å². The number of nitrogens with zero attached hydrogens (tertiary/aromatic N) is 1. The van der Waals surface area contributed by atoms with Crippen molar-refractivity contribution >= 4 is 86.1 Å². The maximum absolute atomic E-state index is 12.1. The molecule has 0 saturated carbocycles. The fourth-order valence-electron chi connectivity index (χ4n) is 2.75. The summed E-state index contributed by atoms with van der Waals surface area (Å²) in [5.41, 5.74) is 3.66. The van der Waals surface area contributed by atoms with Crippen molar-refractivity contribution in [2.24, 2.45) is 5.10 Å². The number of amides is 2. The number of methoxy groups -OCH3 is 1. The van der Waals surface area contributed by atoms with Crippen molar-refractivity contribution in [1.29, 1.82) is 0 Å². The van der Waals surface area contributed by atoms with Crippen molar-refractivity contribution in [3.05, 3.63) is 84.2 Å². The van der Waals surface area contributed by atoms with E-state index in [1.54, 1.807) is 30.3 Å². The number of hydrazone groups is 1. The zero-order chi connectivity index (χ0) is 25.5. The summed E-state index contributed by atoms with van der Waals surface area (Å²) < 4.78 is 11.9. The van der Waals surface area contributed by atoms with Gasteiger partial charge in [-0.2, -0.15) is 5.10 Å². The van der Waals surface area contributed by atoms with Crippen LogP contribution in [0.25, 0.3) is 0 Å². The monoisotopic (exact) mass is 617 g/mol. The zero-order valence-electron chi connectivity index (χ0n) is 17.9. The van der Waals surface area contributed by atoms with Gasteiger partial charge in [-0.25, -0.2) is 5.43 Å². The largest absolute Gasteiger partial charge is 0.493 e. The molecule has 0 atom stereocenters. The van der Waals surface area contributed by atoms with Gasteiger partial charge in [-0.1, -0.05) is 52.5 Å². The number of ether oxygens (including phenoxy) is 2. The fourth-order valence-corrected chi connectivity index (χ4v) is 4.13. The molecule has 0 bridgehead atoms. The van der Waals surface area contributed by atoms with Crippen molar-refractivity contribution in [2.75, 3.05) is 12.4 Å². The van der Waals surface area contributed by atoms with E-state index in [9.17, 15) is 9.59 Å². The first-order chi connectivity index (χ1) is 16.7. The molecule has 2 amide bonds. The number of hydrogen-bond acceptors (Lipinski definition) is 5. The summed E-state index contributed by atoms with van der Waals surface area (Å²) in [4.78, 5) is 24.1. The Morgan fingerprint density at radius 3 is 2.34 bits per heavy atom. The van der Waals surface area contributed by atoms with Crippen LogP contribution in [0.1, 0.15) is 11.1 Å². The maximum Gasteiger partial charge on any atom is 0.329 e. The lowest BCUT2D eigenvalue weighted by atomic mass is 10.2. The molecule has 0 radical (unpaired) electrons. The van der Waals surface area contributed by atoms with E-state index in [1.165, 1.54) is 31.5 Å². The van der Waals surface area contributed by atoms with Crippen LogP contribution in [0.4, 0.5) is 5.69 Å². The van der Waals surface area contributed by atoms with Crippen molar-refractivity contribution in [3.63, 3.8) is 0 Å². The minimum Gasteiger partial charge on any atom is -0.493 e. The second kappa shape index (κ2) is 12.5. The van der Waals surface area contributed by atoms with Crippen LogP contribution in [0.3, 0.4) is 0 Å². The molecule has 0 unspecified atom stereocenters. The molecule has 182 valence electrons. The molecule has 2 N–H and O–H groups in total. The number of carbonyl (C=O) groups excluding carboxylic acids is 2. The third kappa shape index (κ3) is 7.25. The lowest BCUT2D eigenvalue weighted by molar-refractivity contribution is -0.136. The number of halogens is 5. The minimum atomic E-state index is -0.977. The van der Waals surface area contributed by atoms with Crippen LogP contribution < -0.4 is 20.2 Å². The average Bonchev–Trinajstić information content (AvgIpc) is 2.81. The van der Waals surface area contributed by atoms with E-state index in [0.717, 1.165) is 0 Å². The normalized spacial score (nSPS) is 10.8. The van der Waals surface area contributed by atoms with Gasteiger partial charge in [0.25, 0.3) is 0 Å². The van der Waals surface area contributed by atoms with Gasteiger partial charge in [0.2, 0.25) is 0 Å². The Labute approximate surface area is 229 Å². The highest BCUT2D eigenvalue weighted by molar-refractivity contribution is 9.10. The van der Waals surface area contributed by atoms with Gasteiger partial charge in [0.1, 0.15) is 6.61 Å². The van der Waals surface area contributed by atoms with E-state index in [-0.39, 0.29) is 11.6 Å². The number of hydrogen-bond donors (Lipinski definition) is 2. The Morgan fingerprint density at radius 2 is 1.69 bits per heavy atom. The summed E-state index contributed by atoms with van der Waals surface area (Å²) in [6, 6.07) is 12.9. The second-order valence-electron chi connectivity index (χ2n) is 6.81. The summed E-state index contributed by atoms with van der Waals surface area (Å²) in [5, 5.41) is 7.74. The highest BCUT2D eigenvalue weighted by Gasteiger charge is 2.15. The molecule has 0 aliphatic heterocycles. The smallest absolute Gasteiger partial charge is 0.329 e. The Kier molecular flexibility index (Phi) is 9.65. The van der Waals surface area contributed by atoms with E-state index < -0.39 is 11.8 Å². The molecule has 0 aromatic heterocycles. The second-order valence-corrected chi connectivity index (χ2v) is 9.29. The summed E-state index contributed by atoms with van der Waals surface area (Å²) in [6.07, 6.45) is 1.34. The maximum atomic E-state index is 12.1. The molecule has 0 spiro atoms. The summed E-state index contributed by atoms with van der Waals surface area (Å²) in [7, 11) is 1.48. The van der Waals surface area contributed by atoms with Gasteiger partial charge in [-0.05, 0) is 64.0 Å². The predicted molar refractivity (Wildman–Crippen MR) is 142 cm³/mol. The number of benzene rings is 3. The Balaban J connectivity index is 1.65. The van der Waals surface area contributed by atoms with Crippen LogP contribution in [-0.2, 0) is 16.2 Å². The molecule has 12 heteroatoms. The van der Waals surface area contributed by atoms with Crippen molar-refractivity contribution < 1.29 is 19.1 Å². The highest BCUT2D eigenvalue weighted by atomic mass is 79.9. The van der Waals surface area contributed by atoms with Crippen LogP contribution >= 0.6 is 62.3 Å². The summed E-state index contributed by atoms with van der Waals surface area (Å²) in [6.45, 7) is 0.116. The van der Waals surface area contributed by atoms with Crippen LogP contribution in [0.15, 0.2) is 58.1 Å². The molecule has 3 aromatic carbocycles. The topological polar surface area (TPSA) is 89.0 Å². The van der Waals surface area contributed by atoms with Crippen molar-refractivity contribution in [1.82, 2.24) is 5.43 Å². The molecular weight excluding hydrogens is 604 g/mol. The first-order valence-corrected chi connectivity index (χ1v) is 12.0. The molecule has 0 saturated heterocycles. The number of rotatable bonds is 7. The van der Waals surface area contributed by atoms with Gasteiger partial charge < -0.3 is 14.8 Å². The number of carbonyl (C=O) groups is 2. The Morgan fingerprint density at radius 1 is 0.971 bits per heavy atom. The van der Waals surface area contributed by atoms with E-state index in [1.807, 2.05) is 0 Å². The molecule has 0 heterocycles. The van der Waals surface area contributed by atoms with E-state index in [0.29, 0.717) is 47.9 Å². The predicted octanol–water partition coefficient (Wildman–Crippen LogP) is 6.74. The molecule has 0 aliphatic carbocycles.